The molecule has 1 saturated carbocycles. The third-order valence-corrected chi connectivity index (χ3v) is 3.08. The summed E-state index contributed by atoms with van der Waals surface area (Å²) >= 11 is 0. The van der Waals surface area contributed by atoms with Crippen molar-refractivity contribution < 1.29 is 14.7 Å². The molecule has 1 rings (SSSR count). The van der Waals surface area contributed by atoms with Crippen molar-refractivity contribution in [3.8, 4) is 11.8 Å². The summed E-state index contributed by atoms with van der Waals surface area (Å²) in [5.41, 5.74) is -0.236. The van der Waals surface area contributed by atoms with E-state index in [-0.39, 0.29) is 17.9 Å². The van der Waals surface area contributed by atoms with Gasteiger partial charge in [0.2, 0.25) is 0 Å². The van der Waals surface area contributed by atoms with Crippen LogP contribution in [-0.4, -0.2) is 30.2 Å². The summed E-state index contributed by atoms with van der Waals surface area (Å²) in [6.45, 7) is 2.44. The van der Waals surface area contributed by atoms with Crippen LogP contribution in [0.2, 0.25) is 0 Å². The molecule has 0 unspecified atom stereocenters. The van der Waals surface area contributed by atoms with Crippen molar-refractivity contribution >= 4 is 12.0 Å². The van der Waals surface area contributed by atoms with Gasteiger partial charge in [0.25, 0.3) is 0 Å². The number of amides is 2. The van der Waals surface area contributed by atoms with Crippen LogP contribution >= 0.6 is 0 Å². The van der Waals surface area contributed by atoms with Crippen molar-refractivity contribution in [2.24, 2.45) is 5.41 Å². The SMILES string of the molecule is CC#CCNC(=O)NCC1(CC(=O)O)CCC1. The molecule has 0 spiro atoms. The van der Waals surface area contributed by atoms with Crippen molar-refractivity contribution in [1.29, 1.82) is 0 Å². The van der Waals surface area contributed by atoms with Crippen LogP contribution in [0.4, 0.5) is 4.79 Å². The largest absolute Gasteiger partial charge is 0.481 e. The first kappa shape index (κ1) is 13.4. The Balaban J connectivity index is 2.29. The quantitative estimate of drug-likeness (QED) is 0.624. The second kappa shape index (κ2) is 6.14. The zero-order chi connectivity index (χ0) is 12.7. The van der Waals surface area contributed by atoms with Crippen LogP contribution in [0.25, 0.3) is 0 Å². The number of hydrogen-bond acceptors (Lipinski definition) is 2. The van der Waals surface area contributed by atoms with Gasteiger partial charge < -0.3 is 15.7 Å². The highest BCUT2D eigenvalue weighted by Gasteiger charge is 2.39. The highest BCUT2D eigenvalue weighted by atomic mass is 16.4. The Labute approximate surface area is 101 Å². The van der Waals surface area contributed by atoms with Gasteiger partial charge in [0.1, 0.15) is 0 Å². The molecule has 17 heavy (non-hydrogen) atoms. The predicted octanol–water partition coefficient (Wildman–Crippen LogP) is 0.954. The normalized spacial score (nSPS) is 16.1. The van der Waals surface area contributed by atoms with Crippen molar-refractivity contribution in [3.05, 3.63) is 0 Å². The Kier molecular flexibility index (Phi) is 4.83. The van der Waals surface area contributed by atoms with Gasteiger partial charge in [0, 0.05) is 6.54 Å². The van der Waals surface area contributed by atoms with E-state index in [1.54, 1.807) is 6.92 Å². The van der Waals surface area contributed by atoms with E-state index in [0.717, 1.165) is 19.3 Å². The van der Waals surface area contributed by atoms with Crippen LogP contribution in [-0.2, 0) is 4.79 Å². The first-order valence-corrected chi connectivity index (χ1v) is 5.71. The first-order chi connectivity index (χ1) is 8.08. The number of carboxylic acid groups (broad SMARTS) is 1. The summed E-state index contributed by atoms with van der Waals surface area (Å²) < 4.78 is 0. The van der Waals surface area contributed by atoms with Crippen molar-refractivity contribution in [1.82, 2.24) is 10.6 Å². The first-order valence-electron chi connectivity index (χ1n) is 5.71. The fourth-order valence-electron chi connectivity index (χ4n) is 1.96. The molecule has 1 fully saturated rings. The zero-order valence-electron chi connectivity index (χ0n) is 10.0. The second-order valence-corrected chi connectivity index (χ2v) is 4.39. The number of nitrogens with one attached hydrogen (secondary N) is 2. The summed E-state index contributed by atoms with van der Waals surface area (Å²) in [6.07, 6.45) is 2.91. The van der Waals surface area contributed by atoms with E-state index < -0.39 is 5.97 Å². The molecule has 2 amide bonds. The molecule has 0 bridgehead atoms. The van der Waals surface area contributed by atoms with Crippen molar-refractivity contribution in [2.45, 2.75) is 32.6 Å². The Bertz CT molecular complexity index is 350. The van der Waals surface area contributed by atoms with Gasteiger partial charge in [-0.1, -0.05) is 12.3 Å². The molecule has 0 aromatic heterocycles. The van der Waals surface area contributed by atoms with Gasteiger partial charge in [0.15, 0.2) is 0 Å². The van der Waals surface area contributed by atoms with Crippen LogP contribution in [0.1, 0.15) is 32.6 Å². The third kappa shape index (κ3) is 4.35. The number of carboxylic acids is 1. The third-order valence-electron chi connectivity index (χ3n) is 3.08. The van der Waals surface area contributed by atoms with Gasteiger partial charge in [-0.15, -0.1) is 5.92 Å². The van der Waals surface area contributed by atoms with E-state index in [4.69, 9.17) is 5.11 Å². The molecule has 0 aliphatic heterocycles. The molecule has 0 atom stereocenters. The van der Waals surface area contributed by atoms with Crippen LogP contribution < -0.4 is 10.6 Å². The highest BCUT2D eigenvalue weighted by Crippen LogP contribution is 2.43. The predicted molar refractivity (Wildman–Crippen MR) is 63.4 cm³/mol. The summed E-state index contributed by atoms with van der Waals surface area (Å²) in [5.74, 6) is 4.59. The van der Waals surface area contributed by atoms with E-state index in [0.29, 0.717) is 13.1 Å². The summed E-state index contributed by atoms with van der Waals surface area (Å²) in [4.78, 5) is 22.1. The highest BCUT2D eigenvalue weighted by molar-refractivity contribution is 5.74. The molecule has 1 aliphatic carbocycles. The molecule has 5 nitrogen and oxygen atoms in total. The Morgan fingerprint density at radius 2 is 2.06 bits per heavy atom. The van der Waals surface area contributed by atoms with E-state index >= 15 is 0 Å². The number of urea groups is 1. The van der Waals surface area contributed by atoms with E-state index in [1.807, 2.05) is 0 Å². The van der Waals surface area contributed by atoms with Crippen LogP contribution in [0.5, 0.6) is 0 Å². The lowest BCUT2D eigenvalue weighted by atomic mass is 9.66. The standard InChI is InChI=1S/C12H18N2O3/c1-2-3-7-13-11(17)14-9-12(5-4-6-12)8-10(15)16/h4-9H2,1H3,(H,15,16)(H2,13,14,17). The molecule has 1 aliphatic rings. The van der Waals surface area contributed by atoms with Gasteiger partial charge in [-0.2, -0.15) is 0 Å². The summed E-state index contributed by atoms with van der Waals surface area (Å²) in [6, 6.07) is -0.288. The monoisotopic (exact) mass is 238 g/mol. The maximum absolute atomic E-state index is 11.4. The zero-order valence-corrected chi connectivity index (χ0v) is 10.0. The minimum absolute atomic E-state index is 0.127. The Hall–Kier alpha value is -1.70. The average Bonchev–Trinajstić information content (AvgIpc) is 2.22. The van der Waals surface area contributed by atoms with Crippen LogP contribution in [0.3, 0.4) is 0 Å². The number of rotatable bonds is 5. The molecule has 0 aromatic rings. The molecule has 0 saturated heterocycles. The molecule has 5 heteroatoms. The van der Waals surface area contributed by atoms with Crippen molar-refractivity contribution in [3.63, 3.8) is 0 Å². The van der Waals surface area contributed by atoms with Crippen LogP contribution in [0, 0.1) is 17.3 Å². The second-order valence-electron chi connectivity index (χ2n) is 4.39. The molecule has 3 N–H and O–H groups in total. The lowest BCUT2D eigenvalue weighted by Crippen LogP contribution is -2.46. The average molecular weight is 238 g/mol. The maximum Gasteiger partial charge on any atom is 0.315 e. The Morgan fingerprint density at radius 3 is 2.53 bits per heavy atom. The van der Waals surface area contributed by atoms with Gasteiger partial charge >= 0.3 is 12.0 Å². The van der Waals surface area contributed by atoms with Crippen LogP contribution in [0.15, 0.2) is 0 Å². The molecule has 94 valence electrons. The Morgan fingerprint density at radius 1 is 1.35 bits per heavy atom. The van der Waals surface area contributed by atoms with E-state index in [9.17, 15) is 9.59 Å². The van der Waals surface area contributed by atoms with Gasteiger partial charge in [0.05, 0.1) is 13.0 Å². The van der Waals surface area contributed by atoms with Gasteiger partial charge in [-0.25, -0.2) is 4.79 Å². The molecule has 0 aromatic carbocycles. The van der Waals surface area contributed by atoms with E-state index in [2.05, 4.69) is 22.5 Å². The van der Waals surface area contributed by atoms with Gasteiger partial charge in [-0.3, -0.25) is 4.79 Å². The molecule has 0 radical (unpaired) electrons. The summed E-state index contributed by atoms with van der Waals surface area (Å²) in [5, 5.41) is 14.1. The maximum atomic E-state index is 11.4. The topological polar surface area (TPSA) is 78.4 Å². The van der Waals surface area contributed by atoms with E-state index in [1.165, 1.54) is 0 Å². The fourth-order valence-corrected chi connectivity index (χ4v) is 1.96. The van der Waals surface area contributed by atoms with Crippen molar-refractivity contribution in [2.75, 3.05) is 13.1 Å². The van der Waals surface area contributed by atoms with Gasteiger partial charge in [-0.05, 0) is 25.2 Å². The minimum atomic E-state index is -0.802. The lowest BCUT2D eigenvalue weighted by molar-refractivity contribution is -0.141. The fraction of sp³-hybridized carbons (Fsp3) is 0.667. The molecule has 0 heterocycles. The smallest absolute Gasteiger partial charge is 0.315 e. The number of carbonyl (C=O) groups excluding carboxylic acids is 1. The minimum Gasteiger partial charge on any atom is -0.481 e. The molecular weight excluding hydrogens is 220 g/mol. The number of carbonyl (C=O) groups is 2. The summed E-state index contributed by atoms with van der Waals surface area (Å²) in [7, 11) is 0. The lowest BCUT2D eigenvalue weighted by Gasteiger charge is -2.40. The molecular formula is C12H18N2O3. The number of hydrogen-bond donors (Lipinski definition) is 3. The number of aliphatic carboxylic acids is 1.